The van der Waals surface area contributed by atoms with Crippen molar-refractivity contribution in [3.8, 4) is 23.3 Å². The number of rotatable bonds is 5. The van der Waals surface area contributed by atoms with Gasteiger partial charge in [-0.2, -0.15) is 5.26 Å². The van der Waals surface area contributed by atoms with Gasteiger partial charge in [-0.3, -0.25) is 0 Å². The Morgan fingerprint density at radius 1 is 1.30 bits per heavy atom. The van der Waals surface area contributed by atoms with Gasteiger partial charge in [0.1, 0.15) is 23.3 Å². The molecule has 0 unspecified atom stereocenters. The van der Waals surface area contributed by atoms with E-state index >= 15 is 0 Å². The van der Waals surface area contributed by atoms with Gasteiger partial charge in [0.2, 0.25) is 0 Å². The Morgan fingerprint density at radius 3 is 2.70 bits per heavy atom. The Labute approximate surface area is 117 Å². The van der Waals surface area contributed by atoms with Gasteiger partial charge in [-0.1, -0.05) is 18.6 Å². The Hall–Kier alpha value is -2.55. The van der Waals surface area contributed by atoms with E-state index < -0.39 is 0 Å². The lowest BCUT2D eigenvalue weighted by atomic mass is 10.2. The zero-order chi connectivity index (χ0) is 14.5. The Morgan fingerprint density at radius 2 is 2.10 bits per heavy atom. The molecular formula is C14H16N4O2. The molecule has 2 rings (SSSR count). The number of benzene rings is 1. The van der Waals surface area contributed by atoms with Crippen LogP contribution in [0.1, 0.15) is 24.7 Å². The van der Waals surface area contributed by atoms with Crippen LogP contribution in [0.2, 0.25) is 0 Å². The van der Waals surface area contributed by atoms with Gasteiger partial charge in [-0.05, 0) is 18.6 Å². The number of methoxy groups -OCH3 is 2. The van der Waals surface area contributed by atoms with Gasteiger partial charge in [0.15, 0.2) is 5.69 Å². The van der Waals surface area contributed by atoms with E-state index in [0.29, 0.717) is 22.9 Å². The summed E-state index contributed by atoms with van der Waals surface area (Å²) < 4.78 is 12.2. The van der Waals surface area contributed by atoms with Crippen LogP contribution in [0.5, 0.6) is 11.5 Å². The third-order valence-corrected chi connectivity index (χ3v) is 2.97. The average Bonchev–Trinajstić information content (AvgIpc) is 2.89. The number of hydrogen-bond acceptors (Lipinski definition) is 5. The lowest BCUT2D eigenvalue weighted by Gasteiger charge is -2.12. The first-order valence-electron chi connectivity index (χ1n) is 6.32. The quantitative estimate of drug-likeness (QED) is 0.833. The predicted octanol–water partition coefficient (Wildman–Crippen LogP) is 2.11. The largest absolute Gasteiger partial charge is 0.497 e. The first kappa shape index (κ1) is 13.9. The molecule has 6 heteroatoms. The van der Waals surface area contributed by atoms with Crippen molar-refractivity contribution in [3.05, 3.63) is 29.6 Å². The fraction of sp³-hybridized carbons (Fsp3) is 0.357. The first-order chi connectivity index (χ1) is 9.74. The molecule has 1 aromatic carbocycles. The number of hydrogen-bond donors (Lipinski definition) is 0. The molecule has 0 radical (unpaired) electrons. The minimum Gasteiger partial charge on any atom is -0.497 e. The van der Waals surface area contributed by atoms with Crippen LogP contribution in [-0.4, -0.2) is 29.2 Å². The van der Waals surface area contributed by atoms with Crippen LogP contribution < -0.4 is 9.47 Å². The van der Waals surface area contributed by atoms with E-state index in [1.54, 1.807) is 25.0 Å². The molecule has 104 valence electrons. The Bertz CT molecular complexity index is 643. The number of aromatic nitrogens is 3. The molecule has 0 aliphatic carbocycles. The van der Waals surface area contributed by atoms with Crippen molar-refractivity contribution in [2.45, 2.75) is 19.8 Å². The van der Waals surface area contributed by atoms with Crippen molar-refractivity contribution in [2.24, 2.45) is 0 Å². The summed E-state index contributed by atoms with van der Waals surface area (Å²) in [7, 11) is 3.19. The SMILES string of the molecule is CCCc1c(C#N)nnn1-c1cc(OC)ccc1OC. The third kappa shape index (κ3) is 2.43. The standard InChI is InChI=1S/C14H16N4O2/c1-4-5-12-11(9-15)16-17-18(12)13-8-10(19-2)6-7-14(13)20-3/h6-8H,4-5H2,1-3H3. The van der Waals surface area contributed by atoms with E-state index in [1.165, 1.54) is 0 Å². The highest BCUT2D eigenvalue weighted by Crippen LogP contribution is 2.28. The normalized spacial score (nSPS) is 10.1. The van der Waals surface area contributed by atoms with E-state index in [0.717, 1.165) is 18.5 Å². The van der Waals surface area contributed by atoms with Crippen LogP contribution in [0.15, 0.2) is 18.2 Å². The first-order valence-corrected chi connectivity index (χ1v) is 6.32. The number of ether oxygens (including phenoxy) is 2. The minimum absolute atomic E-state index is 0.344. The summed E-state index contributed by atoms with van der Waals surface area (Å²) in [5.41, 5.74) is 1.84. The molecule has 0 saturated heterocycles. The molecule has 2 aromatic rings. The van der Waals surface area contributed by atoms with Crippen molar-refractivity contribution in [2.75, 3.05) is 14.2 Å². The monoisotopic (exact) mass is 272 g/mol. The highest BCUT2D eigenvalue weighted by atomic mass is 16.5. The summed E-state index contributed by atoms with van der Waals surface area (Å²) in [5.74, 6) is 1.34. The number of nitrogens with zero attached hydrogens (tertiary/aromatic N) is 4. The van der Waals surface area contributed by atoms with Crippen LogP contribution in [0.4, 0.5) is 0 Å². The lowest BCUT2D eigenvalue weighted by molar-refractivity contribution is 0.400. The van der Waals surface area contributed by atoms with Crippen molar-refractivity contribution >= 4 is 0 Å². The molecule has 0 saturated carbocycles. The second-order valence-corrected chi connectivity index (χ2v) is 4.20. The summed E-state index contributed by atoms with van der Waals surface area (Å²) in [5, 5.41) is 17.1. The van der Waals surface area contributed by atoms with Crippen LogP contribution in [0.25, 0.3) is 5.69 Å². The minimum atomic E-state index is 0.344. The maximum Gasteiger partial charge on any atom is 0.186 e. The second kappa shape index (κ2) is 6.06. The molecule has 0 amide bonds. The predicted molar refractivity (Wildman–Crippen MR) is 73.2 cm³/mol. The third-order valence-electron chi connectivity index (χ3n) is 2.97. The molecule has 0 atom stereocenters. The summed E-state index contributed by atoms with van der Waals surface area (Å²) in [6.07, 6.45) is 1.62. The van der Waals surface area contributed by atoms with E-state index in [1.807, 2.05) is 19.1 Å². The zero-order valence-electron chi connectivity index (χ0n) is 11.8. The van der Waals surface area contributed by atoms with Crippen LogP contribution in [0, 0.1) is 11.3 Å². The molecule has 0 bridgehead atoms. The van der Waals surface area contributed by atoms with Gasteiger partial charge in [0.05, 0.1) is 19.9 Å². The smallest absolute Gasteiger partial charge is 0.186 e. The fourth-order valence-corrected chi connectivity index (χ4v) is 2.01. The van der Waals surface area contributed by atoms with E-state index in [-0.39, 0.29) is 0 Å². The maximum absolute atomic E-state index is 9.11. The van der Waals surface area contributed by atoms with Gasteiger partial charge in [-0.25, -0.2) is 4.68 Å². The average molecular weight is 272 g/mol. The molecule has 0 fully saturated rings. The van der Waals surface area contributed by atoms with E-state index in [9.17, 15) is 0 Å². The maximum atomic E-state index is 9.11. The summed E-state index contributed by atoms with van der Waals surface area (Å²) >= 11 is 0. The second-order valence-electron chi connectivity index (χ2n) is 4.20. The summed E-state index contributed by atoms with van der Waals surface area (Å²) in [4.78, 5) is 0. The van der Waals surface area contributed by atoms with Gasteiger partial charge >= 0.3 is 0 Å². The molecule has 0 aliphatic heterocycles. The Kier molecular flexibility index (Phi) is 4.20. The van der Waals surface area contributed by atoms with Crippen molar-refractivity contribution in [1.29, 1.82) is 5.26 Å². The molecule has 1 heterocycles. The zero-order valence-corrected chi connectivity index (χ0v) is 11.8. The summed E-state index contributed by atoms with van der Waals surface area (Å²) in [6.45, 7) is 2.04. The summed E-state index contributed by atoms with van der Waals surface area (Å²) in [6, 6.07) is 7.50. The van der Waals surface area contributed by atoms with Crippen molar-refractivity contribution < 1.29 is 9.47 Å². The van der Waals surface area contributed by atoms with E-state index in [2.05, 4.69) is 16.4 Å². The Balaban J connectivity index is 2.61. The topological polar surface area (TPSA) is 73.0 Å². The van der Waals surface area contributed by atoms with Gasteiger partial charge in [0.25, 0.3) is 0 Å². The lowest BCUT2D eigenvalue weighted by Crippen LogP contribution is -2.05. The van der Waals surface area contributed by atoms with Gasteiger partial charge in [0, 0.05) is 6.07 Å². The molecule has 20 heavy (non-hydrogen) atoms. The number of nitriles is 1. The van der Waals surface area contributed by atoms with Gasteiger partial charge in [-0.15, -0.1) is 5.10 Å². The highest BCUT2D eigenvalue weighted by Gasteiger charge is 2.16. The highest BCUT2D eigenvalue weighted by molar-refractivity contribution is 5.52. The molecule has 0 spiro atoms. The van der Waals surface area contributed by atoms with Crippen LogP contribution in [0.3, 0.4) is 0 Å². The fourth-order valence-electron chi connectivity index (χ4n) is 2.01. The molecular weight excluding hydrogens is 256 g/mol. The van der Waals surface area contributed by atoms with Crippen LogP contribution in [-0.2, 0) is 6.42 Å². The molecule has 0 aliphatic rings. The van der Waals surface area contributed by atoms with Crippen molar-refractivity contribution in [1.82, 2.24) is 15.0 Å². The molecule has 0 N–H and O–H groups in total. The van der Waals surface area contributed by atoms with Crippen LogP contribution >= 0.6 is 0 Å². The van der Waals surface area contributed by atoms with Crippen molar-refractivity contribution in [3.63, 3.8) is 0 Å². The molecule has 6 nitrogen and oxygen atoms in total. The van der Waals surface area contributed by atoms with Gasteiger partial charge < -0.3 is 9.47 Å². The molecule has 1 aromatic heterocycles. The van der Waals surface area contributed by atoms with E-state index in [4.69, 9.17) is 14.7 Å².